The normalized spacial score (nSPS) is 12.7. The predicted molar refractivity (Wildman–Crippen MR) is 99.5 cm³/mol. The zero-order valence-electron chi connectivity index (χ0n) is 14.2. The van der Waals surface area contributed by atoms with Crippen molar-refractivity contribution in [3.63, 3.8) is 0 Å². The molecule has 1 N–H and O–H groups in total. The number of aryl methyl sites for hydroxylation is 1. The number of nitrogens with zero attached hydrogens (tertiary/aromatic N) is 2. The Morgan fingerprint density at radius 1 is 1.17 bits per heavy atom. The molecule has 0 saturated heterocycles. The Kier molecular flexibility index (Phi) is 5.22. The van der Waals surface area contributed by atoms with Crippen molar-refractivity contribution in [3.05, 3.63) is 64.4 Å². The summed E-state index contributed by atoms with van der Waals surface area (Å²) in [6.07, 6.45) is 2.61. The van der Waals surface area contributed by atoms with E-state index in [1.165, 1.54) is 0 Å². The molecule has 3 nitrogen and oxygen atoms in total. The number of unbranched alkanes of at least 4 members (excludes halogenated alkanes) is 1. The Morgan fingerprint density at radius 2 is 1.96 bits per heavy atom. The molecule has 0 aliphatic heterocycles. The average Bonchev–Trinajstić information content (AvgIpc) is 2.92. The van der Waals surface area contributed by atoms with Crippen molar-refractivity contribution in [3.8, 4) is 0 Å². The fourth-order valence-corrected chi connectivity index (χ4v) is 3.29. The van der Waals surface area contributed by atoms with E-state index < -0.39 is 6.10 Å². The van der Waals surface area contributed by atoms with E-state index in [1.54, 1.807) is 6.92 Å². The lowest BCUT2D eigenvalue weighted by Crippen LogP contribution is -2.08. The number of halogens is 1. The summed E-state index contributed by atoms with van der Waals surface area (Å²) in [4.78, 5) is 4.83. The van der Waals surface area contributed by atoms with E-state index in [1.807, 2.05) is 42.5 Å². The molecule has 0 aliphatic rings. The summed E-state index contributed by atoms with van der Waals surface area (Å²) >= 11 is 6.37. The summed E-state index contributed by atoms with van der Waals surface area (Å²) in [6, 6.07) is 13.8. The minimum Gasteiger partial charge on any atom is -0.389 e. The van der Waals surface area contributed by atoms with E-state index >= 15 is 0 Å². The SMILES string of the molecule is CCCCc1nc2cccc(C(C)O)c2n1Cc1ccccc1Cl. The molecule has 3 rings (SSSR count). The van der Waals surface area contributed by atoms with Gasteiger partial charge in [0.2, 0.25) is 0 Å². The van der Waals surface area contributed by atoms with Crippen molar-refractivity contribution in [2.75, 3.05) is 0 Å². The Bertz CT molecular complexity index is 839. The zero-order valence-corrected chi connectivity index (χ0v) is 14.9. The summed E-state index contributed by atoms with van der Waals surface area (Å²) in [5.74, 6) is 1.06. The molecule has 4 heteroatoms. The van der Waals surface area contributed by atoms with Crippen molar-refractivity contribution in [1.82, 2.24) is 9.55 Å². The summed E-state index contributed by atoms with van der Waals surface area (Å²) in [6.45, 7) is 4.65. The van der Waals surface area contributed by atoms with E-state index in [9.17, 15) is 5.11 Å². The highest BCUT2D eigenvalue weighted by Crippen LogP contribution is 2.28. The smallest absolute Gasteiger partial charge is 0.110 e. The van der Waals surface area contributed by atoms with Crippen LogP contribution < -0.4 is 0 Å². The van der Waals surface area contributed by atoms with Crippen molar-refractivity contribution < 1.29 is 5.11 Å². The van der Waals surface area contributed by atoms with Crippen LogP contribution in [0.1, 0.15) is 49.7 Å². The molecule has 1 atom stereocenters. The molecule has 0 spiro atoms. The van der Waals surface area contributed by atoms with Crippen LogP contribution in [0.25, 0.3) is 11.0 Å². The van der Waals surface area contributed by atoms with Gasteiger partial charge in [0.05, 0.1) is 23.7 Å². The van der Waals surface area contributed by atoms with Crippen molar-refractivity contribution in [1.29, 1.82) is 0 Å². The van der Waals surface area contributed by atoms with Gasteiger partial charge < -0.3 is 9.67 Å². The van der Waals surface area contributed by atoms with Gasteiger partial charge in [0.15, 0.2) is 0 Å². The second kappa shape index (κ2) is 7.37. The first-order chi connectivity index (χ1) is 11.6. The number of aliphatic hydroxyl groups is 1. The van der Waals surface area contributed by atoms with Gasteiger partial charge in [0, 0.05) is 17.0 Å². The Balaban J connectivity index is 2.16. The van der Waals surface area contributed by atoms with Gasteiger partial charge in [-0.2, -0.15) is 0 Å². The van der Waals surface area contributed by atoms with Gasteiger partial charge in [-0.1, -0.05) is 55.3 Å². The van der Waals surface area contributed by atoms with E-state index in [4.69, 9.17) is 16.6 Å². The minimum absolute atomic E-state index is 0.533. The third-order valence-corrected chi connectivity index (χ3v) is 4.74. The largest absolute Gasteiger partial charge is 0.389 e. The molecule has 0 amide bonds. The van der Waals surface area contributed by atoms with Crippen LogP contribution in [0.3, 0.4) is 0 Å². The Morgan fingerprint density at radius 3 is 2.67 bits per heavy atom. The molecule has 0 saturated carbocycles. The first-order valence-electron chi connectivity index (χ1n) is 8.51. The number of aliphatic hydroxyl groups excluding tert-OH is 1. The van der Waals surface area contributed by atoms with Crippen LogP contribution in [-0.4, -0.2) is 14.7 Å². The van der Waals surface area contributed by atoms with Crippen LogP contribution in [0.4, 0.5) is 0 Å². The van der Waals surface area contributed by atoms with Gasteiger partial charge in [-0.3, -0.25) is 0 Å². The van der Waals surface area contributed by atoms with E-state index in [-0.39, 0.29) is 0 Å². The van der Waals surface area contributed by atoms with Gasteiger partial charge in [0.25, 0.3) is 0 Å². The number of para-hydroxylation sites is 1. The number of aromatic nitrogens is 2. The summed E-state index contributed by atoms with van der Waals surface area (Å²) in [5, 5.41) is 10.9. The van der Waals surface area contributed by atoms with E-state index in [0.717, 1.165) is 52.3 Å². The van der Waals surface area contributed by atoms with Gasteiger partial charge in [0.1, 0.15) is 5.82 Å². The first-order valence-corrected chi connectivity index (χ1v) is 8.89. The van der Waals surface area contributed by atoms with Crippen LogP contribution in [0.15, 0.2) is 42.5 Å². The van der Waals surface area contributed by atoms with Gasteiger partial charge in [-0.05, 0) is 31.0 Å². The van der Waals surface area contributed by atoms with Gasteiger partial charge >= 0.3 is 0 Å². The van der Waals surface area contributed by atoms with Crippen LogP contribution in [0.5, 0.6) is 0 Å². The highest BCUT2D eigenvalue weighted by molar-refractivity contribution is 6.31. The third-order valence-electron chi connectivity index (χ3n) is 4.37. The molecule has 0 bridgehead atoms. The minimum atomic E-state index is -0.533. The first kappa shape index (κ1) is 17.0. The summed E-state index contributed by atoms with van der Waals surface area (Å²) in [5.41, 5.74) is 3.93. The molecule has 0 aliphatic carbocycles. The maximum atomic E-state index is 10.2. The number of imidazole rings is 1. The average molecular weight is 343 g/mol. The van der Waals surface area contributed by atoms with E-state index in [2.05, 4.69) is 11.5 Å². The fourth-order valence-electron chi connectivity index (χ4n) is 3.09. The van der Waals surface area contributed by atoms with Crippen molar-refractivity contribution >= 4 is 22.6 Å². The van der Waals surface area contributed by atoms with E-state index in [0.29, 0.717) is 6.54 Å². The lowest BCUT2D eigenvalue weighted by molar-refractivity contribution is 0.200. The quantitative estimate of drug-likeness (QED) is 0.674. The molecular formula is C20H23ClN2O. The molecule has 0 radical (unpaired) electrons. The number of rotatable bonds is 6. The fraction of sp³-hybridized carbons (Fsp3) is 0.350. The molecule has 2 aromatic carbocycles. The topological polar surface area (TPSA) is 38.1 Å². The number of fused-ring (bicyclic) bond motifs is 1. The zero-order chi connectivity index (χ0) is 17.1. The van der Waals surface area contributed by atoms with Crippen molar-refractivity contribution in [2.45, 2.75) is 45.8 Å². The lowest BCUT2D eigenvalue weighted by Gasteiger charge is -2.14. The Labute approximate surface area is 147 Å². The Hall–Kier alpha value is -1.84. The second-order valence-electron chi connectivity index (χ2n) is 6.20. The number of benzene rings is 2. The van der Waals surface area contributed by atoms with Crippen LogP contribution in [-0.2, 0) is 13.0 Å². The second-order valence-corrected chi connectivity index (χ2v) is 6.61. The highest BCUT2D eigenvalue weighted by Gasteiger charge is 2.17. The summed E-state index contributed by atoms with van der Waals surface area (Å²) in [7, 11) is 0. The molecule has 1 unspecified atom stereocenters. The van der Waals surface area contributed by atoms with Crippen LogP contribution in [0.2, 0.25) is 5.02 Å². The lowest BCUT2D eigenvalue weighted by atomic mass is 10.1. The molecular weight excluding hydrogens is 320 g/mol. The predicted octanol–water partition coefficient (Wildman–Crippen LogP) is 5.13. The highest BCUT2D eigenvalue weighted by atomic mass is 35.5. The van der Waals surface area contributed by atoms with Gasteiger partial charge in [-0.15, -0.1) is 0 Å². The van der Waals surface area contributed by atoms with Crippen LogP contribution in [0, 0.1) is 0 Å². The van der Waals surface area contributed by atoms with Gasteiger partial charge in [-0.25, -0.2) is 4.98 Å². The third kappa shape index (κ3) is 3.33. The summed E-state index contributed by atoms with van der Waals surface area (Å²) < 4.78 is 2.22. The monoisotopic (exact) mass is 342 g/mol. The molecule has 0 fully saturated rings. The number of hydrogen-bond acceptors (Lipinski definition) is 2. The van der Waals surface area contributed by atoms with Crippen molar-refractivity contribution in [2.24, 2.45) is 0 Å². The van der Waals surface area contributed by atoms with Crippen LogP contribution >= 0.6 is 11.6 Å². The molecule has 24 heavy (non-hydrogen) atoms. The maximum Gasteiger partial charge on any atom is 0.110 e. The molecule has 1 heterocycles. The standard InChI is InChI=1S/C20H23ClN2O/c1-3-4-12-19-22-18-11-7-9-16(14(2)24)20(18)23(19)13-15-8-5-6-10-17(15)21/h5-11,14,24H,3-4,12-13H2,1-2H3. The molecule has 126 valence electrons. The number of hydrogen-bond donors (Lipinski definition) is 1. The maximum absolute atomic E-state index is 10.2. The molecule has 3 aromatic rings. The molecule has 1 aromatic heterocycles.